The lowest BCUT2D eigenvalue weighted by Gasteiger charge is -2.13. The van der Waals surface area contributed by atoms with Crippen LogP contribution in [-0.2, 0) is 4.79 Å². The number of amides is 1. The number of para-hydroxylation sites is 2. The normalized spacial score (nSPS) is 11.0. The van der Waals surface area contributed by atoms with Crippen molar-refractivity contribution in [2.45, 2.75) is 12.1 Å². The van der Waals surface area contributed by atoms with E-state index in [0.717, 1.165) is 11.3 Å². The number of fused-ring (bicyclic) bond motifs is 1. The van der Waals surface area contributed by atoms with E-state index < -0.39 is 0 Å². The average Bonchev–Trinajstić information content (AvgIpc) is 3.24. The van der Waals surface area contributed by atoms with Crippen molar-refractivity contribution < 1.29 is 9.53 Å². The van der Waals surface area contributed by atoms with Gasteiger partial charge in [0.25, 0.3) is 5.56 Å². The SMILES string of the molecule is COc1cccc(NC(=O)CSc2nc3c(sc(=S)n3-c3ccccc3C)c(=O)n2-c2ccccc2)c1. The van der Waals surface area contributed by atoms with Crippen LogP contribution in [0.5, 0.6) is 5.75 Å². The van der Waals surface area contributed by atoms with Gasteiger partial charge in [-0.1, -0.05) is 65.6 Å². The maximum Gasteiger partial charge on any atom is 0.278 e. The summed E-state index contributed by atoms with van der Waals surface area (Å²) in [6, 6.07) is 24.2. The molecule has 0 bridgehead atoms. The number of thiazole rings is 1. The molecule has 2 heterocycles. The van der Waals surface area contributed by atoms with Crippen LogP contribution in [0.25, 0.3) is 21.7 Å². The molecule has 0 unspecified atom stereocenters. The number of thioether (sulfide) groups is 1. The fraction of sp³-hybridized carbons (Fsp3) is 0.111. The quantitative estimate of drug-likeness (QED) is 0.153. The Morgan fingerprint density at radius 2 is 1.81 bits per heavy atom. The van der Waals surface area contributed by atoms with Gasteiger partial charge in [0.2, 0.25) is 5.91 Å². The summed E-state index contributed by atoms with van der Waals surface area (Å²) >= 11 is 8.10. The Labute approximate surface area is 226 Å². The Morgan fingerprint density at radius 1 is 1.05 bits per heavy atom. The molecule has 0 saturated heterocycles. The number of carbonyl (C=O) groups is 1. The third-order valence-electron chi connectivity index (χ3n) is 5.63. The summed E-state index contributed by atoms with van der Waals surface area (Å²) < 4.78 is 9.60. The molecule has 186 valence electrons. The fourth-order valence-corrected chi connectivity index (χ4v) is 5.99. The summed E-state index contributed by atoms with van der Waals surface area (Å²) in [6.45, 7) is 1.99. The number of benzene rings is 3. The Hall–Kier alpha value is -3.73. The number of nitrogens with zero attached hydrogens (tertiary/aromatic N) is 3. The summed E-state index contributed by atoms with van der Waals surface area (Å²) in [4.78, 5) is 31.5. The number of aromatic nitrogens is 3. The Kier molecular flexibility index (Phi) is 7.22. The van der Waals surface area contributed by atoms with Crippen molar-refractivity contribution in [2.24, 2.45) is 0 Å². The first-order chi connectivity index (χ1) is 18.0. The van der Waals surface area contributed by atoms with Crippen molar-refractivity contribution >= 4 is 57.3 Å². The van der Waals surface area contributed by atoms with Crippen molar-refractivity contribution in [1.29, 1.82) is 0 Å². The van der Waals surface area contributed by atoms with E-state index in [9.17, 15) is 9.59 Å². The highest BCUT2D eigenvalue weighted by Gasteiger charge is 2.20. The zero-order valence-corrected chi connectivity index (χ0v) is 22.5. The van der Waals surface area contributed by atoms with E-state index in [1.165, 1.54) is 23.1 Å². The van der Waals surface area contributed by atoms with Gasteiger partial charge in [0.1, 0.15) is 10.4 Å². The number of hydrogen-bond acceptors (Lipinski definition) is 7. The number of ether oxygens (including phenoxy) is 1. The van der Waals surface area contributed by atoms with Crippen LogP contribution in [0.2, 0.25) is 0 Å². The number of nitrogens with one attached hydrogen (secondary N) is 1. The lowest BCUT2D eigenvalue weighted by Crippen LogP contribution is -2.22. The molecule has 0 aliphatic heterocycles. The van der Waals surface area contributed by atoms with Crippen LogP contribution in [0.3, 0.4) is 0 Å². The van der Waals surface area contributed by atoms with Gasteiger partial charge in [-0.2, -0.15) is 0 Å². The van der Waals surface area contributed by atoms with Gasteiger partial charge in [-0.05, 0) is 55.0 Å². The minimum atomic E-state index is -0.228. The van der Waals surface area contributed by atoms with Crippen molar-refractivity contribution in [3.8, 4) is 17.1 Å². The van der Waals surface area contributed by atoms with Gasteiger partial charge in [0.15, 0.2) is 14.8 Å². The van der Waals surface area contributed by atoms with Crippen LogP contribution in [-0.4, -0.2) is 32.9 Å². The van der Waals surface area contributed by atoms with Gasteiger partial charge in [-0.25, -0.2) is 4.98 Å². The fourth-order valence-electron chi connectivity index (χ4n) is 3.89. The van der Waals surface area contributed by atoms with Crippen molar-refractivity contribution in [1.82, 2.24) is 14.1 Å². The maximum absolute atomic E-state index is 13.8. The highest BCUT2D eigenvalue weighted by atomic mass is 32.2. The molecule has 0 fully saturated rings. The van der Waals surface area contributed by atoms with Crippen molar-refractivity contribution in [3.63, 3.8) is 0 Å². The molecule has 37 heavy (non-hydrogen) atoms. The summed E-state index contributed by atoms with van der Waals surface area (Å²) in [6.07, 6.45) is 0. The first-order valence-corrected chi connectivity index (χ1v) is 13.5. The molecular weight excluding hydrogens is 525 g/mol. The minimum absolute atomic E-state index is 0.0528. The van der Waals surface area contributed by atoms with Crippen LogP contribution in [0, 0.1) is 10.9 Å². The van der Waals surface area contributed by atoms with E-state index in [-0.39, 0.29) is 17.2 Å². The topological polar surface area (TPSA) is 78.2 Å². The maximum atomic E-state index is 13.8. The number of aryl methyl sites for hydroxylation is 1. The second kappa shape index (κ2) is 10.7. The minimum Gasteiger partial charge on any atom is -0.497 e. The molecule has 7 nitrogen and oxygen atoms in total. The van der Waals surface area contributed by atoms with Gasteiger partial charge >= 0.3 is 0 Å². The molecule has 1 N–H and O–H groups in total. The Bertz CT molecular complexity index is 1730. The van der Waals surface area contributed by atoms with Gasteiger partial charge in [0.05, 0.1) is 24.2 Å². The molecule has 2 aromatic heterocycles. The zero-order chi connectivity index (χ0) is 25.9. The molecule has 0 aliphatic carbocycles. The molecule has 0 aliphatic rings. The number of methoxy groups -OCH3 is 1. The molecule has 0 atom stereocenters. The smallest absolute Gasteiger partial charge is 0.278 e. The molecular formula is C27H22N4O3S3. The summed E-state index contributed by atoms with van der Waals surface area (Å²) in [5, 5.41) is 3.27. The lowest BCUT2D eigenvalue weighted by atomic mass is 10.2. The largest absolute Gasteiger partial charge is 0.497 e. The van der Waals surface area contributed by atoms with Crippen molar-refractivity contribution in [2.75, 3.05) is 18.2 Å². The molecule has 10 heteroatoms. The van der Waals surface area contributed by atoms with Crippen LogP contribution in [0.15, 0.2) is 88.8 Å². The lowest BCUT2D eigenvalue weighted by molar-refractivity contribution is -0.113. The first-order valence-electron chi connectivity index (χ1n) is 11.3. The van der Waals surface area contributed by atoms with Crippen molar-refractivity contribution in [3.05, 3.63) is 98.7 Å². The van der Waals surface area contributed by atoms with E-state index in [0.29, 0.717) is 36.6 Å². The van der Waals surface area contributed by atoms with Gasteiger partial charge in [0, 0.05) is 11.8 Å². The van der Waals surface area contributed by atoms with Crippen LogP contribution in [0.1, 0.15) is 5.56 Å². The highest BCUT2D eigenvalue weighted by Crippen LogP contribution is 2.28. The second-order valence-corrected chi connectivity index (χ2v) is 10.7. The summed E-state index contributed by atoms with van der Waals surface area (Å²) in [5.74, 6) is 0.471. The van der Waals surface area contributed by atoms with Crippen LogP contribution < -0.4 is 15.6 Å². The Morgan fingerprint density at radius 3 is 2.57 bits per heavy atom. The van der Waals surface area contributed by atoms with E-state index in [1.54, 1.807) is 35.9 Å². The molecule has 0 spiro atoms. The molecule has 0 saturated carbocycles. The number of hydrogen-bond donors (Lipinski definition) is 1. The van der Waals surface area contributed by atoms with Gasteiger partial charge in [-0.15, -0.1) is 0 Å². The molecule has 1 amide bonds. The average molecular weight is 547 g/mol. The number of anilines is 1. The molecule has 0 radical (unpaired) electrons. The van der Waals surface area contributed by atoms with E-state index in [2.05, 4.69) is 5.32 Å². The molecule has 5 rings (SSSR count). The van der Waals surface area contributed by atoms with E-state index in [1.807, 2.05) is 66.1 Å². The summed E-state index contributed by atoms with van der Waals surface area (Å²) in [5.41, 5.74) is 3.43. The Balaban J connectivity index is 1.58. The van der Waals surface area contributed by atoms with Crippen LogP contribution >= 0.6 is 35.3 Å². The van der Waals surface area contributed by atoms with Gasteiger partial charge < -0.3 is 10.1 Å². The summed E-state index contributed by atoms with van der Waals surface area (Å²) in [7, 11) is 1.57. The predicted molar refractivity (Wildman–Crippen MR) is 152 cm³/mol. The first kappa shape index (κ1) is 24.9. The monoisotopic (exact) mass is 546 g/mol. The number of carbonyl (C=O) groups excluding carboxylic acids is 1. The van der Waals surface area contributed by atoms with E-state index in [4.69, 9.17) is 21.9 Å². The number of rotatable bonds is 7. The van der Waals surface area contributed by atoms with Crippen LogP contribution in [0.4, 0.5) is 5.69 Å². The molecule has 3 aromatic carbocycles. The second-order valence-electron chi connectivity index (χ2n) is 8.08. The molecule has 5 aromatic rings. The third-order valence-corrected chi connectivity index (χ3v) is 7.92. The zero-order valence-electron chi connectivity index (χ0n) is 20.0. The van der Waals surface area contributed by atoms with Gasteiger partial charge in [-0.3, -0.25) is 18.7 Å². The van der Waals surface area contributed by atoms with E-state index >= 15 is 0 Å². The third kappa shape index (κ3) is 5.08. The standard InChI is InChI=1S/C27H22N4O3S3/c1-17-9-6-7-14-21(17)31-24-23(37-27(31)35)25(33)30(19-11-4-3-5-12-19)26(29-24)36-16-22(32)28-18-10-8-13-20(15-18)34-2/h3-15H,16H2,1-2H3,(H,28,32). The predicted octanol–water partition coefficient (Wildman–Crippen LogP) is 6.02. The highest BCUT2D eigenvalue weighted by molar-refractivity contribution is 7.99.